The topological polar surface area (TPSA) is 35.2 Å². The molecule has 13 heavy (non-hydrogen) atoms. The van der Waals surface area contributed by atoms with Crippen LogP contribution in [0.4, 0.5) is 0 Å². The summed E-state index contributed by atoms with van der Waals surface area (Å²) >= 11 is 0. The van der Waals surface area contributed by atoms with Gasteiger partial charge in [0.05, 0.1) is 7.11 Å². The van der Waals surface area contributed by atoms with E-state index in [4.69, 9.17) is 10.5 Å². The molecule has 0 aromatic heterocycles. The Labute approximate surface area is 84.5 Å². The zero-order valence-electron chi connectivity index (χ0n) is 7.62. The zero-order chi connectivity index (χ0) is 8.60. The van der Waals surface area contributed by atoms with Crippen LogP contribution < -0.4 is 10.5 Å². The highest BCUT2D eigenvalue weighted by atomic mass is 35.5. The molecular weight excluding hydrogens is 186 g/mol. The van der Waals surface area contributed by atoms with Gasteiger partial charge in [0.2, 0.25) is 0 Å². The van der Waals surface area contributed by atoms with Gasteiger partial charge in [0.15, 0.2) is 0 Å². The fraction of sp³-hybridized carbons (Fsp3) is 0.400. The summed E-state index contributed by atoms with van der Waals surface area (Å²) in [6, 6.07) is 8.02. The number of nitrogens with two attached hydrogens (primary N) is 1. The molecule has 0 saturated heterocycles. The Morgan fingerprint density at radius 1 is 1.23 bits per heavy atom. The molecule has 0 atom stereocenters. The lowest BCUT2D eigenvalue weighted by Crippen LogP contribution is -2.18. The summed E-state index contributed by atoms with van der Waals surface area (Å²) in [6.07, 6.45) is 2.22. The summed E-state index contributed by atoms with van der Waals surface area (Å²) in [6.45, 7) is 0. The van der Waals surface area contributed by atoms with E-state index >= 15 is 0 Å². The van der Waals surface area contributed by atoms with E-state index in [2.05, 4.69) is 0 Å². The van der Waals surface area contributed by atoms with Crippen LogP contribution in [0.2, 0.25) is 0 Å². The molecule has 0 amide bonds. The number of hydrogen-bond donors (Lipinski definition) is 1. The molecule has 1 saturated carbocycles. The molecule has 0 bridgehead atoms. The van der Waals surface area contributed by atoms with Crippen LogP contribution in [0.5, 0.6) is 5.75 Å². The van der Waals surface area contributed by atoms with Crippen LogP contribution in [-0.2, 0) is 5.54 Å². The predicted molar refractivity (Wildman–Crippen MR) is 55.3 cm³/mol. The minimum atomic E-state index is -0.0216. The average molecular weight is 200 g/mol. The first kappa shape index (κ1) is 10.4. The van der Waals surface area contributed by atoms with Crippen molar-refractivity contribution in [3.63, 3.8) is 0 Å². The van der Waals surface area contributed by atoms with Crippen LogP contribution in [-0.4, -0.2) is 7.11 Å². The number of methoxy groups -OCH3 is 1. The summed E-state index contributed by atoms with van der Waals surface area (Å²) in [5, 5.41) is 0. The second-order valence-electron chi connectivity index (χ2n) is 3.38. The minimum Gasteiger partial charge on any atom is -0.497 e. The Morgan fingerprint density at radius 3 is 2.15 bits per heavy atom. The van der Waals surface area contributed by atoms with Crippen LogP contribution in [0.3, 0.4) is 0 Å². The molecule has 2 nitrogen and oxygen atoms in total. The third-order valence-electron chi connectivity index (χ3n) is 2.45. The van der Waals surface area contributed by atoms with E-state index in [0.29, 0.717) is 0 Å². The van der Waals surface area contributed by atoms with Crippen molar-refractivity contribution in [1.29, 1.82) is 0 Å². The maximum Gasteiger partial charge on any atom is 0.118 e. The molecule has 2 N–H and O–H groups in total. The van der Waals surface area contributed by atoms with Crippen molar-refractivity contribution >= 4 is 12.4 Å². The standard InChI is InChI=1S/C10H13NO.ClH/c1-12-9-4-2-8(3-5-9)10(11)6-7-10;/h2-5H,6-7,11H2,1H3;1H. The van der Waals surface area contributed by atoms with Crippen molar-refractivity contribution in [2.24, 2.45) is 5.73 Å². The summed E-state index contributed by atoms with van der Waals surface area (Å²) in [5.74, 6) is 0.892. The van der Waals surface area contributed by atoms with Crippen molar-refractivity contribution in [3.8, 4) is 5.75 Å². The maximum absolute atomic E-state index is 6.02. The van der Waals surface area contributed by atoms with Crippen molar-refractivity contribution < 1.29 is 4.74 Å². The molecule has 1 fully saturated rings. The summed E-state index contributed by atoms with van der Waals surface area (Å²) in [5.41, 5.74) is 7.22. The largest absolute Gasteiger partial charge is 0.497 e. The van der Waals surface area contributed by atoms with Gasteiger partial charge in [-0.05, 0) is 30.5 Å². The van der Waals surface area contributed by atoms with Gasteiger partial charge in [0.1, 0.15) is 5.75 Å². The number of rotatable bonds is 2. The van der Waals surface area contributed by atoms with Gasteiger partial charge in [-0.2, -0.15) is 0 Å². The number of benzene rings is 1. The van der Waals surface area contributed by atoms with E-state index < -0.39 is 0 Å². The van der Waals surface area contributed by atoms with Gasteiger partial charge in [-0.1, -0.05) is 12.1 Å². The van der Waals surface area contributed by atoms with Crippen LogP contribution in [0, 0.1) is 0 Å². The van der Waals surface area contributed by atoms with E-state index in [0.717, 1.165) is 18.6 Å². The molecule has 0 unspecified atom stereocenters. The molecule has 0 radical (unpaired) electrons. The summed E-state index contributed by atoms with van der Waals surface area (Å²) in [7, 11) is 1.67. The Bertz CT molecular complexity index is 279. The third kappa shape index (κ3) is 1.95. The van der Waals surface area contributed by atoms with Gasteiger partial charge in [0.25, 0.3) is 0 Å². The smallest absolute Gasteiger partial charge is 0.118 e. The molecular formula is C10H14ClNO. The number of ether oxygens (including phenoxy) is 1. The lowest BCUT2D eigenvalue weighted by Gasteiger charge is -2.08. The first-order chi connectivity index (χ1) is 5.74. The van der Waals surface area contributed by atoms with Gasteiger partial charge < -0.3 is 10.5 Å². The first-order valence-corrected chi connectivity index (χ1v) is 4.18. The van der Waals surface area contributed by atoms with Crippen molar-refractivity contribution in [1.82, 2.24) is 0 Å². The molecule has 1 aliphatic rings. The van der Waals surface area contributed by atoms with Gasteiger partial charge in [0, 0.05) is 5.54 Å². The monoisotopic (exact) mass is 199 g/mol. The fourth-order valence-electron chi connectivity index (χ4n) is 1.35. The summed E-state index contributed by atoms with van der Waals surface area (Å²) in [4.78, 5) is 0. The quantitative estimate of drug-likeness (QED) is 0.792. The first-order valence-electron chi connectivity index (χ1n) is 4.18. The van der Waals surface area contributed by atoms with E-state index in [1.165, 1.54) is 5.56 Å². The molecule has 72 valence electrons. The molecule has 1 aromatic rings. The Morgan fingerprint density at radius 2 is 1.77 bits per heavy atom. The van der Waals surface area contributed by atoms with Crippen LogP contribution in [0.15, 0.2) is 24.3 Å². The lowest BCUT2D eigenvalue weighted by atomic mass is 10.1. The van der Waals surface area contributed by atoms with Crippen LogP contribution >= 0.6 is 12.4 Å². The molecule has 0 heterocycles. The van der Waals surface area contributed by atoms with Gasteiger partial charge in [-0.15, -0.1) is 12.4 Å². The molecule has 1 aliphatic carbocycles. The van der Waals surface area contributed by atoms with Crippen molar-refractivity contribution in [2.75, 3.05) is 7.11 Å². The molecule has 0 aliphatic heterocycles. The fourth-order valence-corrected chi connectivity index (χ4v) is 1.35. The lowest BCUT2D eigenvalue weighted by molar-refractivity contribution is 0.414. The molecule has 2 rings (SSSR count). The average Bonchev–Trinajstić information content (AvgIpc) is 2.85. The van der Waals surface area contributed by atoms with Gasteiger partial charge in [-0.25, -0.2) is 0 Å². The highest BCUT2D eigenvalue weighted by molar-refractivity contribution is 5.85. The highest BCUT2D eigenvalue weighted by Gasteiger charge is 2.39. The van der Waals surface area contributed by atoms with E-state index in [1.54, 1.807) is 7.11 Å². The highest BCUT2D eigenvalue weighted by Crippen LogP contribution is 2.42. The third-order valence-corrected chi connectivity index (χ3v) is 2.45. The predicted octanol–water partition coefficient (Wildman–Crippen LogP) is 2.06. The van der Waals surface area contributed by atoms with E-state index in [1.807, 2.05) is 24.3 Å². The van der Waals surface area contributed by atoms with Crippen LogP contribution in [0.25, 0.3) is 0 Å². The Balaban J connectivity index is 0.000000845. The number of halogens is 1. The van der Waals surface area contributed by atoms with E-state index in [9.17, 15) is 0 Å². The second kappa shape index (κ2) is 3.56. The van der Waals surface area contributed by atoms with Gasteiger partial charge in [-0.3, -0.25) is 0 Å². The molecule has 3 heteroatoms. The van der Waals surface area contributed by atoms with E-state index in [-0.39, 0.29) is 17.9 Å². The van der Waals surface area contributed by atoms with Crippen molar-refractivity contribution in [2.45, 2.75) is 18.4 Å². The normalized spacial score (nSPS) is 17.4. The minimum absolute atomic E-state index is 0. The van der Waals surface area contributed by atoms with Crippen molar-refractivity contribution in [3.05, 3.63) is 29.8 Å². The molecule has 0 spiro atoms. The SMILES string of the molecule is COc1ccc(C2(N)CC2)cc1.Cl. The van der Waals surface area contributed by atoms with Gasteiger partial charge >= 0.3 is 0 Å². The Kier molecular flexibility index (Phi) is 2.84. The van der Waals surface area contributed by atoms with Crippen LogP contribution in [0.1, 0.15) is 18.4 Å². The zero-order valence-corrected chi connectivity index (χ0v) is 8.43. The Hall–Kier alpha value is -0.730. The maximum atomic E-state index is 6.02. The second-order valence-corrected chi connectivity index (χ2v) is 3.38. The summed E-state index contributed by atoms with van der Waals surface area (Å²) < 4.78 is 5.06. The molecule has 1 aromatic carbocycles. The number of hydrogen-bond acceptors (Lipinski definition) is 2.